The van der Waals surface area contributed by atoms with Crippen molar-refractivity contribution < 1.29 is 23.9 Å². The molecule has 10 nitrogen and oxygen atoms in total. The second-order valence-corrected chi connectivity index (χ2v) is 9.67. The molecular formula is C29H29N5O5. The summed E-state index contributed by atoms with van der Waals surface area (Å²) in [5.74, 6) is -0.564. The first-order valence-electron chi connectivity index (χ1n) is 12.6. The van der Waals surface area contributed by atoms with Gasteiger partial charge in [-0.25, -0.2) is 9.97 Å². The minimum Gasteiger partial charge on any atom is -0.497 e. The number of methoxy groups -OCH3 is 1. The molecule has 1 fully saturated rings. The third kappa shape index (κ3) is 6.12. The number of carbonyl (C=O) groups excluding carboxylic acids is 3. The van der Waals surface area contributed by atoms with Crippen LogP contribution in [0.2, 0.25) is 0 Å². The summed E-state index contributed by atoms with van der Waals surface area (Å²) in [4.78, 5) is 51.5. The summed E-state index contributed by atoms with van der Waals surface area (Å²) in [6.07, 6.45) is 2.06. The smallest absolute Gasteiger partial charge is 0.287 e. The van der Waals surface area contributed by atoms with E-state index >= 15 is 0 Å². The van der Waals surface area contributed by atoms with E-state index in [0.29, 0.717) is 29.9 Å². The van der Waals surface area contributed by atoms with Crippen molar-refractivity contribution in [3.63, 3.8) is 0 Å². The molecule has 0 bridgehead atoms. The molecule has 5 rings (SSSR count). The maximum atomic E-state index is 13.7. The molecule has 0 spiro atoms. The molecule has 10 heteroatoms. The molecule has 200 valence electrons. The molecule has 4 aromatic rings. The number of carbonyl (C=O) groups is 3. The van der Waals surface area contributed by atoms with Crippen molar-refractivity contribution in [2.75, 3.05) is 13.7 Å². The van der Waals surface area contributed by atoms with Crippen LogP contribution in [0.5, 0.6) is 5.75 Å². The van der Waals surface area contributed by atoms with E-state index in [0.717, 1.165) is 11.1 Å². The Morgan fingerprint density at radius 1 is 0.974 bits per heavy atom. The lowest BCUT2D eigenvalue weighted by Gasteiger charge is -2.24. The predicted molar refractivity (Wildman–Crippen MR) is 143 cm³/mol. The van der Waals surface area contributed by atoms with Gasteiger partial charge in [-0.1, -0.05) is 42.5 Å². The van der Waals surface area contributed by atoms with Gasteiger partial charge in [-0.05, 0) is 48.7 Å². The van der Waals surface area contributed by atoms with Crippen molar-refractivity contribution in [3.8, 4) is 5.75 Å². The third-order valence-electron chi connectivity index (χ3n) is 6.71. The van der Waals surface area contributed by atoms with Crippen LogP contribution < -0.4 is 15.4 Å². The molecule has 0 aliphatic carbocycles. The summed E-state index contributed by atoms with van der Waals surface area (Å²) in [5.41, 5.74) is 1.76. The average molecular weight is 528 g/mol. The predicted octanol–water partition coefficient (Wildman–Crippen LogP) is 2.39. The number of hydrogen-bond acceptors (Lipinski definition) is 7. The summed E-state index contributed by atoms with van der Waals surface area (Å²) < 4.78 is 10.6. The average Bonchev–Trinajstić information content (AvgIpc) is 3.56. The maximum absolute atomic E-state index is 13.7. The van der Waals surface area contributed by atoms with Crippen LogP contribution in [0.3, 0.4) is 0 Å². The van der Waals surface area contributed by atoms with Gasteiger partial charge in [0.1, 0.15) is 17.4 Å². The first kappa shape index (κ1) is 26.1. The molecule has 0 radical (unpaired) electrons. The van der Waals surface area contributed by atoms with Crippen molar-refractivity contribution in [2.45, 2.75) is 37.5 Å². The van der Waals surface area contributed by atoms with Crippen LogP contribution in [0.1, 0.15) is 28.7 Å². The number of benzene rings is 2. The van der Waals surface area contributed by atoms with Crippen LogP contribution in [0, 0.1) is 0 Å². The molecule has 3 atom stereocenters. The number of hydrogen-bond donors (Lipinski definition) is 3. The number of aromatic amines is 1. The van der Waals surface area contributed by atoms with Gasteiger partial charge in [-0.2, -0.15) is 0 Å². The Kier molecular flexibility index (Phi) is 7.38. The number of nitrogens with zero attached hydrogens (tertiary/aromatic N) is 2. The Hall–Kier alpha value is -4.57. The standard InChI is InChI=1S/C29H29N5O5/c1-29(17-39-29)24(35)22(15-18-7-4-3-5-8-18)32-27(36)23(16-19-10-12-20(38-2)13-11-19)33-28(37)26-31-21-9-6-14-30-25(21)34-26/h3-14,22-23H,15-17H2,1-2H3,(H,32,36)(H,33,37)(H,30,31,34)/t22-,23-,29+/m0/s1. The third-order valence-corrected chi connectivity index (χ3v) is 6.71. The maximum Gasteiger partial charge on any atom is 0.287 e. The van der Waals surface area contributed by atoms with E-state index in [1.807, 2.05) is 42.5 Å². The highest BCUT2D eigenvalue weighted by Crippen LogP contribution is 2.29. The molecule has 0 saturated carbocycles. The Morgan fingerprint density at radius 2 is 1.67 bits per heavy atom. The molecule has 2 aromatic carbocycles. The number of aromatic nitrogens is 3. The number of H-pyrrole nitrogens is 1. The van der Waals surface area contributed by atoms with E-state index in [4.69, 9.17) is 9.47 Å². The van der Waals surface area contributed by atoms with Crippen molar-refractivity contribution >= 4 is 28.8 Å². The van der Waals surface area contributed by atoms with Gasteiger partial charge >= 0.3 is 0 Å². The van der Waals surface area contributed by atoms with Gasteiger partial charge < -0.3 is 25.1 Å². The number of amides is 2. The zero-order chi connectivity index (χ0) is 27.4. The number of imidazole rings is 1. The molecule has 2 aromatic heterocycles. The van der Waals surface area contributed by atoms with Gasteiger partial charge in [0.25, 0.3) is 5.91 Å². The van der Waals surface area contributed by atoms with Crippen LogP contribution in [0.4, 0.5) is 0 Å². The largest absolute Gasteiger partial charge is 0.497 e. The number of ketones is 1. The summed E-state index contributed by atoms with van der Waals surface area (Å²) >= 11 is 0. The highest BCUT2D eigenvalue weighted by Gasteiger charge is 2.50. The van der Waals surface area contributed by atoms with E-state index in [9.17, 15) is 14.4 Å². The van der Waals surface area contributed by atoms with Gasteiger partial charge in [-0.15, -0.1) is 0 Å². The van der Waals surface area contributed by atoms with Crippen molar-refractivity contribution in [3.05, 3.63) is 89.9 Å². The van der Waals surface area contributed by atoms with Gasteiger partial charge in [-0.3, -0.25) is 14.4 Å². The molecule has 2 amide bonds. The minimum absolute atomic E-state index is 0.0343. The Morgan fingerprint density at radius 3 is 2.33 bits per heavy atom. The number of rotatable bonds is 11. The Balaban J connectivity index is 1.39. The van der Waals surface area contributed by atoms with E-state index in [2.05, 4.69) is 25.6 Å². The number of Topliss-reactive ketones (excluding diaryl/α,β-unsaturated/α-hetero) is 1. The molecule has 1 aliphatic heterocycles. The van der Waals surface area contributed by atoms with Crippen LogP contribution in [-0.4, -0.2) is 64.0 Å². The van der Waals surface area contributed by atoms with Crippen LogP contribution in [0.15, 0.2) is 72.9 Å². The zero-order valence-electron chi connectivity index (χ0n) is 21.6. The highest BCUT2D eigenvalue weighted by atomic mass is 16.6. The van der Waals surface area contributed by atoms with E-state index in [1.165, 1.54) is 0 Å². The molecule has 0 unspecified atom stereocenters. The molecular weight excluding hydrogens is 498 g/mol. The topological polar surface area (TPSA) is 139 Å². The van der Waals surface area contributed by atoms with Gasteiger partial charge in [0.2, 0.25) is 5.91 Å². The van der Waals surface area contributed by atoms with E-state index in [-0.39, 0.29) is 18.0 Å². The lowest BCUT2D eigenvalue weighted by atomic mass is 9.94. The van der Waals surface area contributed by atoms with E-state index in [1.54, 1.807) is 44.5 Å². The van der Waals surface area contributed by atoms with Gasteiger partial charge in [0.05, 0.1) is 25.3 Å². The van der Waals surface area contributed by atoms with Gasteiger partial charge in [0.15, 0.2) is 17.3 Å². The fourth-order valence-electron chi connectivity index (χ4n) is 4.34. The van der Waals surface area contributed by atoms with Crippen molar-refractivity contribution in [2.24, 2.45) is 0 Å². The molecule has 1 saturated heterocycles. The van der Waals surface area contributed by atoms with Crippen molar-refractivity contribution in [1.82, 2.24) is 25.6 Å². The first-order chi connectivity index (χ1) is 18.8. The Bertz CT molecular complexity index is 1450. The number of pyridine rings is 1. The number of epoxide rings is 1. The summed E-state index contributed by atoms with van der Waals surface area (Å²) in [6.45, 7) is 2.02. The fourth-order valence-corrected chi connectivity index (χ4v) is 4.34. The SMILES string of the molecule is COc1ccc(C[C@H](NC(=O)c2nc3ncccc3[nH]2)C(=O)N[C@@H](Cc2ccccc2)C(=O)[C@@]2(C)CO2)cc1. The normalized spacial score (nSPS) is 17.7. The lowest BCUT2D eigenvalue weighted by molar-refractivity contribution is -0.131. The second-order valence-electron chi connectivity index (χ2n) is 9.67. The Labute approximate surface area is 225 Å². The van der Waals surface area contributed by atoms with Gasteiger partial charge in [0, 0.05) is 12.6 Å². The zero-order valence-corrected chi connectivity index (χ0v) is 21.6. The number of nitrogens with one attached hydrogen (secondary N) is 3. The van der Waals surface area contributed by atoms with Crippen LogP contribution in [0.25, 0.3) is 11.2 Å². The summed E-state index contributed by atoms with van der Waals surface area (Å²) in [7, 11) is 1.57. The lowest BCUT2D eigenvalue weighted by Crippen LogP contribution is -2.55. The second kappa shape index (κ2) is 11.0. The molecule has 1 aliphatic rings. The van der Waals surface area contributed by atoms with E-state index < -0.39 is 29.5 Å². The van der Waals surface area contributed by atoms with Crippen LogP contribution >= 0.6 is 0 Å². The quantitative estimate of drug-likeness (QED) is 0.255. The molecule has 39 heavy (non-hydrogen) atoms. The molecule has 3 N–H and O–H groups in total. The molecule has 3 heterocycles. The summed E-state index contributed by atoms with van der Waals surface area (Å²) in [5, 5.41) is 5.67. The highest BCUT2D eigenvalue weighted by molar-refractivity contribution is 6.00. The number of ether oxygens (including phenoxy) is 2. The monoisotopic (exact) mass is 527 g/mol. The van der Waals surface area contributed by atoms with Crippen molar-refractivity contribution in [1.29, 1.82) is 0 Å². The fraction of sp³-hybridized carbons (Fsp3) is 0.276. The first-order valence-corrected chi connectivity index (χ1v) is 12.6. The number of fused-ring (bicyclic) bond motifs is 1. The minimum atomic E-state index is -0.994. The van der Waals surface area contributed by atoms with Crippen LogP contribution in [-0.2, 0) is 27.2 Å². The summed E-state index contributed by atoms with van der Waals surface area (Å²) in [6, 6.07) is 18.3.